The van der Waals surface area contributed by atoms with E-state index < -0.39 is 12.0 Å². The topological polar surface area (TPSA) is 57.6 Å². The number of nitrogens with zero attached hydrogens (tertiary/aromatic N) is 1. The molecule has 0 unspecified atom stereocenters. The van der Waals surface area contributed by atoms with Crippen LogP contribution < -0.4 is 0 Å². The number of carboxylic acid groups (broad SMARTS) is 1. The summed E-state index contributed by atoms with van der Waals surface area (Å²) in [5, 5.41) is 9.02. The van der Waals surface area contributed by atoms with E-state index in [0.29, 0.717) is 18.9 Å². The summed E-state index contributed by atoms with van der Waals surface area (Å²) in [5.74, 6) is -0.337. The predicted molar refractivity (Wildman–Crippen MR) is 63.5 cm³/mol. The highest BCUT2D eigenvalue weighted by Crippen LogP contribution is 2.30. The standard InChI is InChI=1S/C13H19NO3/c1-9-4-5-10(7-9)8-12(15)14-6-2-3-11(14)13(16)17/h8-9,11H,2-7H2,1H3,(H,16,17)/b10-8+/t9-,11+/m0/s1. The number of likely N-dealkylation sites (tertiary alicyclic amines) is 1. The molecule has 2 rings (SSSR count). The lowest BCUT2D eigenvalue weighted by Crippen LogP contribution is -2.39. The van der Waals surface area contributed by atoms with Gasteiger partial charge in [0.15, 0.2) is 0 Å². The summed E-state index contributed by atoms with van der Waals surface area (Å²) < 4.78 is 0. The van der Waals surface area contributed by atoms with Crippen molar-refractivity contribution in [2.24, 2.45) is 5.92 Å². The number of carbonyl (C=O) groups is 2. The zero-order valence-electron chi connectivity index (χ0n) is 10.2. The second-order valence-electron chi connectivity index (χ2n) is 5.18. The van der Waals surface area contributed by atoms with Gasteiger partial charge in [0.1, 0.15) is 6.04 Å². The minimum atomic E-state index is -0.881. The van der Waals surface area contributed by atoms with Crippen molar-refractivity contribution in [1.29, 1.82) is 0 Å². The van der Waals surface area contributed by atoms with Crippen molar-refractivity contribution in [3.05, 3.63) is 11.6 Å². The molecule has 1 saturated carbocycles. The molecule has 17 heavy (non-hydrogen) atoms. The molecule has 0 radical (unpaired) electrons. The van der Waals surface area contributed by atoms with Crippen LogP contribution in [0.5, 0.6) is 0 Å². The van der Waals surface area contributed by atoms with Crippen LogP contribution >= 0.6 is 0 Å². The van der Waals surface area contributed by atoms with E-state index in [4.69, 9.17) is 5.11 Å². The van der Waals surface area contributed by atoms with Crippen LogP contribution in [0, 0.1) is 5.92 Å². The lowest BCUT2D eigenvalue weighted by molar-refractivity contribution is -0.146. The smallest absolute Gasteiger partial charge is 0.326 e. The molecule has 0 aromatic carbocycles. The van der Waals surface area contributed by atoms with E-state index in [1.54, 1.807) is 6.08 Å². The Hall–Kier alpha value is -1.32. The molecule has 0 bridgehead atoms. The molecule has 1 N–H and O–H groups in total. The molecule has 4 heteroatoms. The lowest BCUT2D eigenvalue weighted by atomic mass is 10.1. The summed E-state index contributed by atoms with van der Waals surface area (Å²) in [7, 11) is 0. The van der Waals surface area contributed by atoms with Crippen molar-refractivity contribution in [3.8, 4) is 0 Å². The first kappa shape index (κ1) is 12.1. The molecule has 2 atom stereocenters. The molecule has 0 spiro atoms. The number of rotatable bonds is 2. The molecule has 1 amide bonds. The SMILES string of the molecule is C[C@H]1CC/C(=C\C(=O)N2CCC[C@@H]2C(=O)O)C1. The lowest BCUT2D eigenvalue weighted by Gasteiger charge is -2.19. The molecule has 1 saturated heterocycles. The minimum Gasteiger partial charge on any atom is -0.480 e. The second-order valence-corrected chi connectivity index (χ2v) is 5.18. The van der Waals surface area contributed by atoms with Crippen molar-refractivity contribution in [1.82, 2.24) is 4.90 Å². The Bertz CT molecular complexity index is 362. The van der Waals surface area contributed by atoms with Gasteiger partial charge in [-0.3, -0.25) is 4.79 Å². The van der Waals surface area contributed by atoms with Gasteiger partial charge in [0.2, 0.25) is 5.91 Å². The van der Waals surface area contributed by atoms with Crippen LogP contribution in [0.3, 0.4) is 0 Å². The monoisotopic (exact) mass is 237 g/mol. The number of aliphatic carboxylic acids is 1. The van der Waals surface area contributed by atoms with Crippen molar-refractivity contribution in [2.45, 2.75) is 45.1 Å². The maximum Gasteiger partial charge on any atom is 0.326 e. The maximum atomic E-state index is 12.0. The molecule has 1 aliphatic heterocycles. The van der Waals surface area contributed by atoms with E-state index >= 15 is 0 Å². The van der Waals surface area contributed by atoms with Gasteiger partial charge in [-0.1, -0.05) is 12.5 Å². The van der Waals surface area contributed by atoms with E-state index in [9.17, 15) is 9.59 Å². The highest BCUT2D eigenvalue weighted by molar-refractivity contribution is 5.92. The third-order valence-electron chi connectivity index (χ3n) is 3.72. The zero-order chi connectivity index (χ0) is 12.4. The van der Waals surface area contributed by atoms with E-state index in [1.807, 2.05) is 0 Å². The Labute approximate surface area is 101 Å². The van der Waals surface area contributed by atoms with Gasteiger partial charge in [0, 0.05) is 12.6 Å². The number of carboxylic acids is 1. The Kier molecular flexibility index (Phi) is 3.50. The third-order valence-corrected chi connectivity index (χ3v) is 3.72. The predicted octanol–water partition coefficient (Wildman–Crippen LogP) is 1.81. The maximum absolute atomic E-state index is 12.0. The molecule has 0 aromatic rings. The van der Waals surface area contributed by atoms with Gasteiger partial charge in [-0.15, -0.1) is 0 Å². The summed E-state index contributed by atoms with van der Waals surface area (Å²) in [5.41, 5.74) is 1.18. The van der Waals surface area contributed by atoms with Gasteiger partial charge >= 0.3 is 5.97 Å². The molecule has 94 valence electrons. The van der Waals surface area contributed by atoms with Crippen LogP contribution in [0.25, 0.3) is 0 Å². The van der Waals surface area contributed by atoms with Gasteiger partial charge in [-0.05, 0) is 38.0 Å². The average Bonchev–Trinajstić information content (AvgIpc) is 2.86. The van der Waals surface area contributed by atoms with Crippen molar-refractivity contribution < 1.29 is 14.7 Å². The van der Waals surface area contributed by atoms with Gasteiger partial charge in [-0.2, -0.15) is 0 Å². The van der Waals surface area contributed by atoms with Gasteiger partial charge in [0.25, 0.3) is 0 Å². The molecule has 2 fully saturated rings. The molecule has 0 aromatic heterocycles. The fraction of sp³-hybridized carbons (Fsp3) is 0.692. The van der Waals surface area contributed by atoms with Gasteiger partial charge in [0.05, 0.1) is 0 Å². The highest BCUT2D eigenvalue weighted by atomic mass is 16.4. The van der Waals surface area contributed by atoms with E-state index in [0.717, 1.165) is 25.7 Å². The van der Waals surface area contributed by atoms with Crippen molar-refractivity contribution in [3.63, 3.8) is 0 Å². The van der Waals surface area contributed by atoms with Crippen LogP contribution in [-0.4, -0.2) is 34.5 Å². The summed E-state index contributed by atoms with van der Waals surface area (Å²) in [6, 6.07) is -0.613. The number of hydrogen-bond acceptors (Lipinski definition) is 2. The Morgan fingerprint density at radius 1 is 1.41 bits per heavy atom. The molecule has 4 nitrogen and oxygen atoms in total. The average molecular weight is 237 g/mol. The van der Waals surface area contributed by atoms with Crippen molar-refractivity contribution in [2.75, 3.05) is 6.54 Å². The van der Waals surface area contributed by atoms with E-state index in [1.165, 1.54) is 10.5 Å². The normalized spacial score (nSPS) is 31.1. The third kappa shape index (κ3) is 2.68. The van der Waals surface area contributed by atoms with Crippen LogP contribution in [-0.2, 0) is 9.59 Å². The first-order valence-corrected chi connectivity index (χ1v) is 6.31. The molecule has 1 aliphatic carbocycles. The minimum absolute atomic E-state index is 0.112. The highest BCUT2D eigenvalue weighted by Gasteiger charge is 2.33. The summed E-state index contributed by atoms with van der Waals surface area (Å²) in [4.78, 5) is 24.5. The molecular weight excluding hydrogens is 218 g/mol. The number of carbonyl (C=O) groups excluding carboxylic acids is 1. The summed E-state index contributed by atoms with van der Waals surface area (Å²) >= 11 is 0. The summed E-state index contributed by atoms with van der Waals surface area (Å²) in [6.07, 6.45) is 6.16. The number of allylic oxidation sites excluding steroid dienone is 1. The quantitative estimate of drug-likeness (QED) is 0.745. The fourth-order valence-corrected chi connectivity index (χ4v) is 2.76. The van der Waals surface area contributed by atoms with Gasteiger partial charge in [-0.25, -0.2) is 4.79 Å². The Morgan fingerprint density at radius 3 is 2.76 bits per heavy atom. The van der Waals surface area contributed by atoms with Gasteiger partial charge < -0.3 is 10.0 Å². The van der Waals surface area contributed by atoms with Crippen LogP contribution in [0.15, 0.2) is 11.6 Å². The molecular formula is C13H19NO3. The molecule has 2 aliphatic rings. The zero-order valence-corrected chi connectivity index (χ0v) is 10.2. The Balaban J connectivity index is 2.02. The first-order valence-electron chi connectivity index (χ1n) is 6.31. The summed E-state index contributed by atoms with van der Waals surface area (Å²) in [6.45, 7) is 2.76. The first-order chi connectivity index (χ1) is 8.08. The second kappa shape index (κ2) is 4.90. The largest absolute Gasteiger partial charge is 0.480 e. The van der Waals surface area contributed by atoms with Crippen LogP contribution in [0.2, 0.25) is 0 Å². The number of hydrogen-bond donors (Lipinski definition) is 1. The van der Waals surface area contributed by atoms with Crippen molar-refractivity contribution >= 4 is 11.9 Å². The van der Waals surface area contributed by atoms with E-state index in [-0.39, 0.29) is 5.91 Å². The van der Waals surface area contributed by atoms with E-state index in [2.05, 4.69) is 6.92 Å². The van der Waals surface area contributed by atoms with Crippen LogP contribution in [0.4, 0.5) is 0 Å². The molecule has 1 heterocycles. The fourth-order valence-electron chi connectivity index (χ4n) is 2.76. The Morgan fingerprint density at radius 2 is 2.18 bits per heavy atom. The number of amides is 1. The van der Waals surface area contributed by atoms with Crippen LogP contribution in [0.1, 0.15) is 39.0 Å².